The Hall–Kier alpha value is -2.18. The first-order valence-corrected chi connectivity index (χ1v) is 15.6. The highest BCUT2D eigenvalue weighted by Gasteiger charge is 2.70. The maximum atomic E-state index is 14.5. The van der Waals surface area contributed by atoms with Crippen LogP contribution in [0.3, 0.4) is 0 Å². The molecule has 7 nitrogen and oxygen atoms in total. The second-order valence-electron chi connectivity index (χ2n) is 16.2. The Morgan fingerprint density at radius 3 is 2.22 bits per heavy atom. The van der Waals surface area contributed by atoms with Crippen LogP contribution in [-0.2, 0) is 28.7 Å². The second kappa shape index (κ2) is 9.41. The van der Waals surface area contributed by atoms with Crippen LogP contribution in [0.15, 0.2) is 11.6 Å². The number of ketones is 1. The van der Waals surface area contributed by atoms with Crippen molar-refractivity contribution in [1.29, 1.82) is 0 Å². The van der Waals surface area contributed by atoms with Gasteiger partial charge in [-0.2, -0.15) is 0 Å². The molecule has 0 unspecified atom stereocenters. The van der Waals surface area contributed by atoms with Crippen LogP contribution in [0.2, 0.25) is 0 Å². The molecule has 41 heavy (non-hydrogen) atoms. The van der Waals surface area contributed by atoms with Crippen molar-refractivity contribution in [2.45, 2.75) is 106 Å². The quantitative estimate of drug-likeness (QED) is 0.391. The molecule has 0 aromatic heterocycles. The molecule has 0 saturated heterocycles. The summed E-state index contributed by atoms with van der Waals surface area (Å²) in [7, 11) is 1.28. The van der Waals surface area contributed by atoms with Gasteiger partial charge in [-0.3, -0.25) is 14.4 Å². The molecule has 0 radical (unpaired) electrons. The lowest BCUT2D eigenvalue weighted by atomic mass is 9.33. The van der Waals surface area contributed by atoms with Crippen LogP contribution < -0.4 is 0 Å². The first-order valence-electron chi connectivity index (χ1n) is 15.6. The zero-order valence-corrected chi connectivity index (χ0v) is 26.4. The average Bonchev–Trinajstić information content (AvgIpc) is 2.88. The molecule has 228 valence electrons. The van der Waals surface area contributed by atoms with Crippen LogP contribution in [0.25, 0.3) is 0 Å². The third-order valence-corrected chi connectivity index (χ3v) is 14.0. The summed E-state index contributed by atoms with van der Waals surface area (Å²) in [4.78, 5) is 51.6. The predicted molar refractivity (Wildman–Crippen MR) is 154 cm³/mol. The second-order valence-corrected chi connectivity index (χ2v) is 16.2. The van der Waals surface area contributed by atoms with Gasteiger partial charge in [0.2, 0.25) is 0 Å². The van der Waals surface area contributed by atoms with Crippen molar-refractivity contribution in [3.05, 3.63) is 11.6 Å². The molecule has 0 spiro atoms. The van der Waals surface area contributed by atoms with Gasteiger partial charge < -0.3 is 14.6 Å². The number of rotatable bonds is 4. The van der Waals surface area contributed by atoms with E-state index in [1.807, 2.05) is 13.0 Å². The van der Waals surface area contributed by atoms with Gasteiger partial charge in [0, 0.05) is 5.92 Å². The van der Waals surface area contributed by atoms with Gasteiger partial charge in [0.15, 0.2) is 12.4 Å². The summed E-state index contributed by atoms with van der Waals surface area (Å²) >= 11 is 0. The van der Waals surface area contributed by atoms with Crippen LogP contribution >= 0.6 is 0 Å². The predicted octanol–water partition coefficient (Wildman–Crippen LogP) is 6.38. The van der Waals surface area contributed by atoms with Crippen molar-refractivity contribution in [2.24, 2.45) is 56.2 Å². The highest BCUT2D eigenvalue weighted by molar-refractivity contribution is 5.96. The van der Waals surface area contributed by atoms with Gasteiger partial charge in [-0.25, -0.2) is 4.79 Å². The Balaban J connectivity index is 1.50. The Bertz CT molecular complexity index is 1200. The lowest BCUT2D eigenvalue weighted by Gasteiger charge is -2.70. The Morgan fingerprint density at radius 1 is 0.927 bits per heavy atom. The summed E-state index contributed by atoms with van der Waals surface area (Å²) in [5.41, 5.74) is -0.629. The number of fused-ring (bicyclic) bond motifs is 7. The Kier molecular flexibility index (Phi) is 6.95. The number of allylic oxidation sites excluding steroid dienone is 2. The van der Waals surface area contributed by atoms with Gasteiger partial charge in [-0.05, 0) is 110 Å². The number of ether oxygens (including phenoxy) is 2. The van der Waals surface area contributed by atoms with E-state index in [1.165, 1.54) is 12.7 Å². The average molecular weight is 571 g/mol. The SMILES string of the molecule is COC(=O)COC(=O)[C@H]1CC[C@]2(C)[C@H]3C(=O)C=C4[C@@H]5C[C@@](C)(C(=O)O)CC[C@]5(C)CC[C@@]4(C)[C@]3(C)CC[C@H]2C1(C)C. The summed E-state index contributed by atoms with van der Waals surface area (Å²) in [6, 6.07) is 0. The summed E-state index contributed by atoms with van der Waals surface area (Å²) in [5.74, 6) is -1.71. The number of carboxylic acids is 1. The topological polar surface area (TPSA) is 107 Å². The number of hydrogen-bond donors (Lipinski definition) is 1. The highest BCUT2D eigenvalue weighted by atomic mass is 16.6. The molecule has 5 aliphatic rings. The maximum absolute atomic E-state index is 14.5. The molecular formula is C34H50O7. The number of aliphatic carboxylic acids is 1. The minimum absolute atomic E-state index is 0.0233. The van der Waals surface area contributed by atoms with Crippen LogP contribution in [0, 0.1) is 56.2 Å². The fraction of sp³-hybridized carbons (Fsp3) is 0.824. The molecule has 5 rings (SSSR count). The summed E-state index contributed by atoms with van der Waals surface area (Å²) in [5, 5.41) is 10.1. The van der Waals surface area contributed by atoms with E-state index in [1.54, 1.807) is 0 Å². The standard InChI is InChI=1S/C34H50O7/c1-29(2)20(27(37)41-19-25(36)40-8)9-11-32(5)24(29)10-12-34(7)26(32)23(35)17-21-22-18-31(4,28(38)39)14-13-30(22,3)15-16-33(21,34)6/h17,20,22,24,26H,9-16,18-19H2,1-8H3,(H,38,39)/t20-,22+,24+,26-,30-,31+,32+,33-,34-/m1/s1. The molecule has 0 bridgehead atoms. The van der Waals surface area contributed by atoms with Gasteiger partial charge in [-0.1, -0.05) is 47.1 Å². The van der Waals surface area contributed by atoms with Crippen LogP contribution in [0.1, 0.15) is 106 Å². The molecule has 9 atom stereocenters. The van der Waals surface area contributed by atoms with E-state index in [0.29, 0.717) is 19.3 Å². The van der Waals surface area contributed by atoms with Gasteiger partial charge in [0.1, 0.15) is 0 Å². The molecule has 0 amide bonds. The molecule has 5 aliphatic carbocycles. The minimum atomic E-state index is -0.765. The zero-order chi connectivity index (χ0) is 30.4. The largest absolute Gasteiger partial charge is 0.481 e. The van der Waals surface area contributed by atoms with Crippen molar-refractivity contribution in [1.82, 2.24) is 0 Å². The van der Waals surface area contributed by atoms with Gasteiger partial charge in [0.25, 0.3) is 0 Å². The zero-order valence-electron chi connectivity index (χ0n) is 26.4. The van der Waals surface area contributed by atoms with E-state index in [-0.39, 0.29) is 63.7 Å². The Morgan fingerprint density at radius 2 is 1.59 bits per heavy atom. The normalized spacial score (nSPS) is 46.5. The minimum Gasteiger partial charge on any atom is -0.481 e. The molecular weight excluding hydrogens is 520 g/mol. The molecule has 1 N–H and O–H groups in total. The van der Waals surface area contributed by atoms with Crippen LogP contribution in [0.4, 0.5) is 0 Å². The molecule has 0 aliphatic heterocycles. The smallest absolute Gasteiger partial charge is 0.344 e. The van der Waals surface area contributed by atoms with E-state index < -0.39 is 22.8 Å². The third-order valence-electron chi connectivity index (χ3n) is 14.0. The fourth-order valence-electron chi connectivity index (χ4n) is 11.1. The molecule has 7 heteroatoms. The van der Waals surface area contributed by atoms with E-state index in [0.717, 1.165) is 38.5 Å². The van der Waals surface area contributed by atoms with Crippen molar-refractivity contribution >= 4 is 23.7 Å². The molecule has 0 aromatic carbocycles. The monoisotopic (exact) mass is 570 g/mol. The molecule has 4 fully saturated rings. The van der Waals surface area contributed by atoms with E-state index in [4.69, 9.17) is 4.74 Å². The highest BCUT2D eigenvalue weighted by Crippen LogP contribution is 2.75. The van der Waals surface area contributed by atoms with Gasteiger partial charge >= 0.3 is 17.9 Å². The lowest BCUT2D eigenvalue weighted by molar-refractivity contribution is -0.200. The molecule has 4 saturated carbocycles. The summed E-state index contributed by atoms with van der Waals surface area (Å²) in [6.45, 7) is 15.1. The van der Waals surface area contributed by atoms with Crippen molar-refractivity contribution in [3.8, 4) is 0 Å². The fourth-order valence-corrected chi connectivity index (χ4v) is 11.1. The summed E-state index contributed by atoms with van der Waals surface area (Å²) in [6.07, 6.45) is 9.38. The molecule has 0 heterocycles. The van der Waals surface area contributed by atoms with Gasteiger partial charge in [-0.15, -0.1) is 0 Å². The van der Waals surface area contributed by atoms with Crippen LogP contribution in [-0.4, -0.2) is 42.5 Å². The lowest BCUT2D eigenvalue weighted by Crippen LogP contribution is -2.66. The van der Waals surface area contributed by atoms with Crippen LogP contribution in [0.5, 0.6) is 0 Å². The molecule has 0 aromatic rings. The van der Waals surface area contributed by atoms with E-state index in [2.05, 4.69) is 46.3 Å². The van der Waals surface area contributed by atoms with Crippen molar-refractivity contribution in [3.63, 3.8) is 0 Å². The number of esters is 2. The number of methoxy groups -OCH3 is 1. The number of carbonyl (C=O) groups is 4. The Labute approximate surface area is 245 Å². The summed E-state index contributed by atoms with van der Waals surface area (Å²) < 4.78 is 10.0. The van der Waals surface area contributed by atoms with Crippen molar-refractivity contribution in [2.75, 3.05) is 13.7 Å². The number of hydrogen-bond acceptors (Lipinski definition) is 6. The first kappa shape index (κ1) is 30.3. The van der Waals surface area contributed by atoms with Gasteiger partial charge in [0.05, 0.1) is 18.4 Å². The number of carbonyl (C=O) groups excluding carboxylic acids is 3. The maximum Gasteiger partial charge on any atom is 0.344 e. The van der Waals surface area contributed by atoms with E-state index >= 15 is 0 Å². The number of carboxylic acid groups (broad SMARTS) is 1. The van der Waals surface area contributed by atoms with E-state index in [9.17, 15) is 24.3 Å². The third kappa shape index (κ3) is 4.10. The first-order chi connectivity index (χ1) is 18.9. The van der Waals surface area contributed by atoms with Crippen molar-refractivity contribution < 1.29 is 33.8 Å².